The molecular formula is C24H16BrNO3. The summed E-state index contributed by atoms with van der Waals surface area (Å²) in [7, 11) is 0. The normalized spacial score (nSPS) is 12.9. The number of hydrogen-bond donors (Lipinski definition) is 1. The average Bonchev–Trinajstić information content (AvgIpc) is 3.41. The van der Waals surface area contributed by atoms with Crippen LogP contribution in [0.25, 0.3) is 44.3 Å². The molecule has 0 spiro atoms. The first-order valence-electron chi connectivity index (χ1n) is 9.39. The molecule has 0 amide bonds. The Morgan fingerprint density at radius 1 is 0.862 bits per heavy atom. The minimum absolute atomic E-state index is 0.239. The van der Waals surface area contributed by atoms with Gasteiger partial charge in [0.1, 0.15) is 11.3 Å². The van der Waals surface area contributed by atoms with Crippen molar-refractivity contribution in [2.75, 3.05) is 6.79 Å². The first-order chi connectivity index (χ1) is 14.2. The predicted molar refractivity (Wildman–Crippen MR) is 118 cm³/mol. The minimum atomic E-state index is 0.239. The van der Waals surface area contributed by atoms with Gasteiger partial charge in [0.25, 0.3) is 0 Å². The van der Waals surface area contributed by atoms with Crippen LogP contribution in [0, 0.1) is 6.92 Å². The van der Waals surface area contributed by atoms with Crippen molar-refractivity contribution in [2.45, 2.75) is 6.92 Å². The SMILES string of the molecule is Cc1[nH]c2ccccc2c1-c1c(-c2ccc(Br)cc2)oc2cc3c(cc12)OCO3. The smallest absolute Gasteiger partial charge is 0.231 e. The summed E-state index contributed by atoms with van der Waals surface area (Å²) in [5.41, 5.74) is 6.23. The van der Waals surface area contributed by atoms with Crippen LogP contribution < -0.4 is 9.47 Å². The van der Waals surface area contributed by atoms with Crippen LogP contribution in [0.5, 0.6) is 11.5 Å². The zero-order valence-corrected chi connectivity index (χ0v) is 17.2. The van der Waals surface area contributed by atoms with E-state index in [0.717, 1.165) is 60.6 Å². The van der Waals surface area contributed by atoms with Gasteiger partial charge in [-0.2, -0.15) is 0 Å². The molecule has 5 aromatic rings. The number of benzene rings is 3. The molecule has 0 saturated heterocycles. The van der Waals surface area contributed by atoms with Crippen LogP contribution in [0.15, 0.2) is 69.6 Å². The summed E-state index contributed by atoms with van der Waals surface area (Å²) in [5.74, 6) is 2.30. The maximum absolute atomic E-state index is 6.41. The van der Waals surface area contributed by atoms with Gasteiger partial charge in [-0.15, -0.1) is 0 Å². The number of fused-ring (bicyclic) bond motifs is 3. The van der Waals surface area contributed by atoms with Crippen molar-refractivity contribution in [2.24, 2.45) is 0 Å². The molecular weight excluding hydrogens is 430 g/mol. The maximum atomic E-state index is 6.41. The monoisotopic (exact) mass is 445 g/mol. The fourth-order valence-electron chi connectivity index (χ4n) is 4.14. The van der Waals surface area contributed by atoms with Gasteiger partial charge in [0.15, 0.2) is 11.5 Å². The van der Waals surface area contributed by atoms with E-state index in [9.17, 15) is 0 Å². The van der Waals surface area contributed by atoms with Crippen LogP contribution in [-0.2, 0) is 0 Å². The number of aryl methyl sites for hydroxylation is 1. The van der Waals surface area contributed by atoms with E-state index in [4.69, 9.17) is 13.9 Å². The fourth-order valence-corrected chi connectivity index (χ4v) is 4.40. The summed E-state index contributed by atoms with van der Waals surface area (Å²) in [6.45, 7) is 2.34. The molecule has 29 heavy (non-hydrogen) atoms. The van der Waals surface area contributed by atoms with Crippen molar-refractivity contribution in [3.8, 4) is 33.9 Å². The summed E-state index contributed by atoms with van der Waals surface area (Å²) >= 11 is 3.52. The number of hydrogen-bond acceptors (Lipinski definition) is 3. The van der Waals surface area contributed by atoms with E-state index in [-0.39, 0.29) is 6.79 Å². The van der Waals surface area contributed by atoms with E-state index in [2.05, 4.69) is 58.2 Å². The number of para-hydroxylation sites is 1. The lowest BCUT2D eigenvalue weighted by molar-refractivity contribution is 0.174. The standard InChI is InChI=1S/C24H16BrNO3/c1-13-22(16-4-2-3-5-18(16)26-13)23-17-10-20-21(28-12-27-20)11-19(17)29-24(23)14-6-8-15(25)9-7-14/h2-11,26H,12H2,1H3. The largest absolute Gasteiger partial charge is 0.455 e. The molecule has 6 rings (SSSR count). The van der Waals surface area contributed by atoms with Crippen LogP contribution in [0.1, 0.15) is 5.69 Å². The molecule has 2 aromatic heterocycles. The van der Waals surface area contributed by atoms with E-state index in [1.807, 2.05) is 30.3 Å². The van der Waals surface area contributed by atoms with Crippen LogP contribution in [-0.4, -0.2) is 11.8 Å². The van der Waals surface area contributed by atoms with E-state index in [0.29, 0.717) is 0 Å². The van der Waals surface area contributed by atoms with E-state index in [1.54, 1.807) is 0 Å². The molecule has 0 fully saturated rings. The molecule has 0 saturated carbocycles. The number of rotatable bonds is 2. The molecule has 0 unspecified atom stereocenters. The first kappa shape index (κ1) is 16.7. The van der Waals surface area contributed by atoms with Crippen molar-refractivity contribution < 1.29 is 13.9 Å². The number of aromatic amines is 1. The van der Waals surface area contributed by atoms with Crippen molar-refractivity contribution in [1.82, 2.24) is 4.98 Å². The van der Waals surface area contributed by atoms with Gasteiger partial charge in [0.05, 0.1) is 0 Å². The summed E-state index contributed by atoms with van der Waals surface area (Å²) in [6, 6.07) is 20.5. The maximum Gasteiger partial charge on any atom is 0.231 e. The lowest BCUT2D eigenvalue weighted by Crippen LogP contribution is -1.92. The second-order valence-corrected chi connectivity index (χ2v) is 8.10. The first-order valence-corrected chi connectivity index (χ1v) is 10.2. The second kappa shape index (κ2) is 6.16. The molecule has 0 atom stereocenters. The highest BCUT2D eigenvalue weighted by Crippen LogP contribution is 2.48. The van der Waals surface area contributed by atoms with Crippen molar-refractivity contribution in [3.63, 3.8) is 0 Å². The zero-order chi connectivity index (χ0) is 19.5. The van der Waals surface area contributed by atoms with E-state index >= 15 is 0 Å². The molecule has 0 radical (unpaired) electrons. The Kier molecular flexibility index (Phi) is 3.56. The van der Waals surface area contributed by atoms with Crippen LogP contribution in [0.3, 0.4) is 0 Å². The molecule has 3 aromatic carbocycles. The molecule has 1 aliphatic rings. The van der Waals surface area contributed by atoms with Crippen molar-refractivity contribution in [3.05, 3.63) is 70.8 Å². The van der Waals surface area contributed by atoms with Crippen molar-refractivity contribution >= 4 is 37.8 Å². The molecule has 3 heterocycles. The highest BCUT2D eigenvalue weighted by atomic mass is 79.9. The minimum Gasteiger partial charge on any atom is -0.455 e. The summed E-state index contributed by atoms with van der Waals surface area (Å²) in [6.07, 6.45) is 0. The molecule has 0 bridgehead atoms. The Balaban J connectivity index is 1.74. The van der Waals surface area contributed by atoms with Crippen LogP contribution in [0.4, 0.5) is 0 Å². The second-order valence-electron chi connectivity index (χ2n) is 7.19. The number of furan rings is 1. The third-order valence-electron chi connectivity index (χ3n) is 5.43. The summed E-state index contributed by atoms with van der Waals surface area (Å²) in [4.78, 5) is 3.52. The predicted octanol–water partition coefficient (Wildman–Crippen LogP) is 7.05. The van der Waals surface area contributed by atoms with Gasteiger partial charge in [-0.1, -0.05) is 46.3 Å². The lowest BCUT2D eigenvalue weighted by atomic mass is 9.96. The highest BCUT2D eigenvalue weighted by Gasteiger charge is 2.25. The van der Waals surface area contributed by atoms with Gasteiger partial charge >= 0.3 is 0 Å². The Labute approximate surface area is 175 Å². The van der Waals surface area contributed by atoms with E-state index in [1.165, 1.54) is 5.39 Å². The van der Waals surface area contributed by atoms with Crippen LogP contribution in [0.2, 0.25) is 0 Å². The molecule has 142 valence electrons. The highest BCUT2D eigenvalue weighted by molar-refractivity contribution is 9.10. The fraction of sp³-hybridized carbons (Fsp3) is 0.0833. The molecule has 1 N–H and O–H groups in total. The zero-order valence-electron chi connectivity index (χ0n) is 15.6. The van der Waals surface area contributed by atoms with Crippen LogP contribution >= 0.6 is 15.9 Å². The van der Waals surface area contributed by atoms with Gasteiger partial charge in [0, 0.05) is 49.2 Å². The lowest BCUT2D eigenvalue weighted by Gasteiger charge is -2.05. The molecule has 5 heteroatoms. The number of aromatic nitrogens is 1. The summed E-state index contributed by atoms with van der Waals surface area (Å²) in [5, 5.41) is 2.18. The number of nitrogens with one attached hydrogen (secondary N) is 1. The van der Waals surface area contributed by atoms with E-state index < -0.39 is 0 Å². The molecule has 0 aliphatic carbocycles. The van der Waals surface area contributed by atoms with Crippen molar-refractivity contribution in [1.29, 1.82) is 0 Å². The van der Waals surface area contributed by atoms with Gasteiger partial charge in [0.2, 0.25) is 6.79 Å². The Morgan fingerprint density at radius 3 is 2.45 bits per heavy atom. The number of halogens is 1. The van der Waals surface area contributed by atoms with Gasteiger partial charge < -0.3 is 18.9 Å². The Morgan fingerprint density at radius 2 is 1.62 bits per heavy atom. The third-order valence-corrected chi connectivity index (χ3v) is 5.96. The number of ether oxygens (including phenoxy) is 2. The summed E-state index contributed by atoms with van der Waals surface area (Å²) < 4.78 is 18.7. The quantitative estimate of drug-likeness (QED) is 0.316. The Bertz CT molecular complexity index is 1400. The molecule has 1 aliphatic heterocycles. The van der Waals surface area contributed by atoms with Gasteiger partial charge in [-0.25, -0.2) is 0 Å². The Hall–Kier alpha value is -3.18. The number of H-pyrrole nitrogens is 1. The van der Waals surface area contributed by atoms with Gasteiger partial charge in [-0.05, 0) is 31.2 Å². The third kappa shape index (κ3) is 2.51. The topological polar surface area (TPSA) is 47.4 Å². The molecule has 4 nitrogen and oxygen atoms in total. The van der Waals surface area contributed by atoms with Gasteiger partial charge in [-0.3, -0.25) is 0 Å². The average molecular weight is 446 g/mol.